The molecular weight excluding hydrogens is 396 g/mol. The normalized spacial score (nSPS) is 15.7. The highest BCUT2D eigenvalue weighted by Crippen LogP contribution is 2.23. The average molecular weight is 431 g/mol. The summed E-state index contributed by atoms with van der Waals surface area (Å²) < 4.78 is 9.87. The molecule has 1 aliphatic rings. The third-order valence-electron chi connectivity index (χ3n) is 5.78. The standard InChI is InChI=1S/C23H34N4O2S/c1-4-6-10-19(5-2)22(28)26-12-8-13-27(15-14-26)23-24-21(25-30-23)17-18-9-7-11-20(16-18)29-3/h7,9,11,16,19H,4-6,8,10,12-15,17H2,1-3H3. The molecule has 0 saturated carbocycles. The summed E-state index contributed by atoms with van der Waals surface area (Å²) in [5.41, 5.74) is 1.14. The number of carbonyl (C=O) groups excluding carboxylic acids is 1. The van der Waals surface area contributed by atoms with Crippen LogP contribution in [0.5, 0.6) is 5.75 Å². The molecule has 0 aliphatic carbocycles. The van der Waals surface area contributed by atoms with E-state index in [1.165, 1.54) is 11.5 Å². The van der Waals surface area contributed by atoms with Gasteiger partial charge in [0.15, 0.2) is 0 Å². The van der Waals surface area contributed by atoms with E-state index in [9.17, 15) is 4.79 Å². The second-order valence-electron chi connectivity index (χ2n) is 7.93. The van der Waals surface area contributed by atoms with Gasteiger partial charge < -0.3 is 14.5 Å². The molecule has 0 bridgehead atoms. The summed E-state index contributed by atoms with van der Waals surface area (Å²) >= 11 is 1.46. The van der Waals surface area contributed by atoms with E-state index in [0.29, 0.717) is 12.3 Å². The molecule has 1 unspecified atom stereocenters. The number of rotatable bonds is 9. The summed E-state index contributed by atoms with van der Waals surface area (Å²) in [6, 6.07) is 8.03. The number of benzene rings is 1. The van der Waals surface area contributed by atoms with Crippen molar-refractivity contribution in [1.82, 2.24) is 14.3 Å². The van der Waals surface area contributed by atoms with Crippen molar-refractivity contribution in [3.05, 3.63) is 35.7 Å². The Morgan fingerprint density at radius 2 is 2.10 bits per heavy atom. The Hall–Kier alpha value is -2.15. The van der Waals surface area contributed by atoms with Crippen molar-refractivity contribution in [1.29, 1.82) is 0 Å². The molecule has 2 heterocycles. The first-order valence-electron chi connectivity index (χ1n) is 11.1. The number of ether oxygens (including phenoxy) is 1. The van der Waals surface area contributed by atoms with Gasteiger partial charge in [-0.3, -0.25) is 4.79 Å². The van der Waals surface area contributed by atoms with Gasteiger partial charge >= 0.3 is 0 Å². The van der Waals surface area contributed by atoms with E-state index in [-0.39, 0.29) is 5.92 Å². The molecule has 7 heteroatoms. The molecule has 1 atom stereocenters. The summed E-state index contributed by atoms with van der Waals surface area (Å²) in [7, 11) is 1.68. The third kappa shape index (κ3) is 5.94. The molecule has 164 valence electrons. The maximum absolute atomic E-state index is 13.0. The van der Waals surface area contributed by atoms with Crippen molar-refractivity contribution in [2.24, 2.45) is 5.92 Å². The minimum absolute atomic E-state index is 0.174. The molecule has 1 aliphatic heterocycles. The Labute approximate surface area is 184 Å². The zero-order valence-corrected chi connectivity index (χ0v) is 19.3. The van der Waals surface area contributed by atoms with E-state index in [1.54, 1.807) is 7.11 Å². The number of aromatic nitrogens is 2. The lowest BCUT2D eigenvalue weighted by Crippen LogP contribution is -2.39. The van der Waals surface area contributed by atoms with Gasteiger partial charge in [0, 0.05) is 50.1 Å². The molecule has 0 spiro atoms. The number of hydrogen-bond acceptors (Lipinski definition) is 6. The summed E-state index contributed by atoms with van der Waals surface area (Å²) in [6.07, 6.45) is 5.89. The van der Waals surface area contributed by atoms with Crippen LogP contribution >= 0.6 is 11.5 Å². The second-order valence-corrected chi connectivity index (χ2v) is 8.67. The Morgan fingerprint density at radius 1 is 1.23 bits per heavy atom. The summed E-state index contributed by atoms with van der Waals surface area (Å²) in [5.74, 6) is 2.20. The molecule has 2 aromatic rings. The van der Waals surface area contributed by atoms with Crippen LogP contribution in [-0.2, 0) is 11.2 Å². The Bertz CT molecular complexity index is 810. The molecule has 1 saturated heterocycles. The van der Waals surface area contributed by atoms with Crippen molar-refractivity contribution in [2.45, 2.75) is 52.4 Å². The SMILES string of the molecule is CCCCC(CC)C(=O)N1CCCN(c2nc(Cc3cccc(OC)c3)ns2)CC1. The topological polar surface area (TPSA) is 58.6 Å². The lowest BCUT2D eigenvalue weighted by atomic mass is 9.97. The van der Waals surface area contributed by atoms with Gasteiger partial charge in [0.2, 0.25) is 11.0 Å². The van der Waals surface area contributed by atoms with Crippen LogP contribution in [0.15, 0.2) is 24.3 Å². The molecule has 30 heavy (non-hydrogen) atoms. The second kappa shape index (κ2) is 11.3. The van der Waals surface area contributed by atoms with E-state index in [0.717, 1.165) is 80.6 Å². The molecule has 1 amide bonds. The highest BCUT2D eigenvalue weighted by atomic mass is 32.1. The smallest absolute Gasteiger partial charge is 0.225 e. The van der Waals surface area contributed by atoms with E-state index in [4.69, 9.17) is 9.72 Å². The van der Waals surface area contributed by atoms with E-state index in [2.05, 4.69) is 34.1 Å². The zero-order chi connectivity index (χ0) is 21.3. The molecule has 3 rings (SSSR count). The zero-order valence-electron chi connectivity index (χ0n) is 18.5. The summed E-state index contributed by atoms with van der Waals surface area (Å²) in [4.78, 5) is 22.1. The van der Waals surface area contributed by atoms with Gasteiger partial charge in [-0.15, -0.1) is 0 Å². The lowest BCUT2D eigenvalue weighted by Gasteiger charge is -2.25. The van der Waals surface area contributed by atoms with Gasteiger partial charge in [0.05, 0.1) is 7.11 Å². The molecule has 0 radical (unpaired) electrons. The van der Waals surface area contributed by atoms with Crippen LogP contribution in [0, 0.1) is 5.92 Å². The van der Waals surface area contributed by atoms with E-state index >= 15 is 0 Å². The van der Waals surface area contributed by atoms with E-state index in [1.807, 2.05) is 18.2 Å². The van der Waals surface area contributed by atoms with Crippen LogP contribution in [0.25, 0.3) is 0 Å². The number of methoxy groups -OCH3 is 1. The monoisotopic (exact) mass is 430 g/mol. The number of unbranched alkanes of at least 4 members (excludes halogenated alkanes) is 1. The number of amides is 1. The fourth-order valence-electron chi connectivity index (χ4n) is 3.95. The van der Waals surface area contributed by atoms with Gasteiger partial charge in [-0.1, -0.05) is 38.8 Å². The van der Waals surface area contributed by atoms with Crippen LogP contribution in [0.2, 0.25) is 0 Å². The number of nitrogens with zero attached hydrogens (tertiary/aromatic N) is 4. The molecule has 0 N–H and O–H groups in total. The first-order chi connectivity index (χ1) is 14.6. The van der Waals surface area contributed by atoms with Crippen molar-refractivity contribution < 1.29 is 9.53 Å². The van der Waals surface area contributed by atoms with Crippen molar-refractivity contribution in [2.75, 3.05) is 38.2 Å². The fourth-order valence-corrected chi connectivity index (χ4v) is 4.69. The molecule has 1 aromatic carbocycles. The Balaban J connectivity index is 1.58. The van der Waals surface area contributed by atoms with Crippen molar-refractivity contribution in [3.63, 3.8) is 0 Å². The summed E-state index contributed by atoms with van der Waals surface area (Å²) in [5, 5.41) is 0.959. The molecule has 1 aromatic heterocycles. The Morgan fingerprint density at radius 3 is 2.87 bits per heavy atom. The third-order valence-corrected chi connectivity index (χ3v) is 6.59. The van der Waals surface area contributed by atoms with Crippen LogP contribution in [0.4, 0.5) is 5.13 Å². The first kappa shape index (κ1) is 22.5. The number of carbonyl (C=O) groups is 1. The maximum atomic E-state index is 13.0. The van der Waals surface area contributed by atoms with Crippen molar-refractivity contribution >= 4 is 22.6 Å². The highest BCUT2D eigenvalue weighted by molar-refractivity contribution is 7.09. The van der Waals surface area contributed by atoms with Gasteiger partial charge in [-0.05, 0) is 37.0 Å². The molecular formula is C23H34N4O2S. The van der Waals surface area contributed by atoms with E-state index < -0.39 is 0 Å². The van der Waals surface area contributed by atoms with Gasteiger partial charge in [0.1, 0.15) is 11.6 Å². The predicted molar refractivity (Wildman–Crippen MR) is 122 cm³/mol. The van der Waals surface area contributed by atoms with Crippen molar-refractivity contribution in [3.8, 4) is 5.75 Å². The van der Waals surface area contributed by atoms with Crippen LogP contribution < -0.4 is 9.64 Å². The van der Waals surface area contributed by atoms with Gasteiger partial charge in [0.25, 0.3) is 0 Å². The Kier molecular flexibility index (Phi) is 8.49. The molecule has 1 fully saturated rings. The fraction of sp³-hybridized carbons (Fsp3) is 0.609. The van der Waals surface area contributed by atoms with Gasteiger partial charge in [-0.25, -0.2) is 4.98 Å². The number of hydrogen-bond donors (Lipinski definition) is 0. The molecule has 6 nitrogen and oxygen atoms in total. The summed E-state index contributed by atoms with van der Waals surface area (Å²) in [6.45, 7) is 7.67. The lowest BCUT2D eigenvalue weighted by molar-refractivity contribution is -0.135. The number of anilines is 1. The minimum Gasteiger partial charge on any atom is -0.497 e. The van der Waals surface area contributed by atoms with Crippen LogP contribution in [-0.4, -0.2) is 53.5 Å². The highest BCUT2D eigenvalue weighted by Gasteiger charge is 2.25. The predicted octanol–water partition coefficient (Wildman–Crippen LogP) is 4.39. The largest absolute Gasteiger partial charge is 0.497 e. The minimum atomic E-state index is 0.174. The van der Waals surface area contributed by atoms with Crippen LogP contribution in [0.1, 0.15) is 57.3 Å². The van der Waals surface area contributed by atoms with Crippen LogP contribution in [0.3, 0.4) is 0 Å². The van der Waals surface area contributed by atoms with Gasteiger partial charge in [-0.2, -0.15) is 4.37 Å². The maximum Gasteiger partial charge on any atom is 0.225 e. The first-order valence-corrected chi connectivity index (χ1v) is 11.9. The quantitative estimate of drug-likeness (QED) is 0.590. The average Bonchev–Trinajstić information content (AvgIpc) is 3.08.